The molecule has 0 bridgehead atoms. The minimum atomic E-state index is -0.159. The Morgan fingerprint density at radius 2 is 1.80 bits per heavy atom. The van der Waals surface area contributed by atoms with Crippen molar-refractivity contribution in [3.63, 3.8) is 0 Å². The number of rotatable bonds is 10. The summed E-state index contributed by atoms with van der Waals surface area (Å²) in [5.41, 5.74) is 8.67. The Morgan fingerprint density at radius 1 is 1.09 bits per heavy atom. The number of nitrogens with zero attached hydrogens (tertiary/aromatic N) is 3. The van der Waals surface area contributed by atoms with Crippen molar-refractivity contribution in [3.05, 3.63) is 47.9 Å². The van der Waals surface area contributed by atoms with Crippen LogP contribution in [-0.2, 0) is 23.0 Å². The summed E-state index contributed by atoms with van der Waals surface area (Å²) in [6.45, 7) is 3.69. The molecule has 1 aliphatic heterocycles. The number of fused-ring (bicyclic) bond motifs is 3. The van der Waals surface area contributed by atoms with Gasteiger partial charge in [-0.1, -0.05) is 31.0 Å². The Morgan fingerprint density at radius 3 is 2.57 bits per heavy atom. The third-order valence-electron chi connectivity index (χ3n) is 7.13. The maximum absolute atomic E-state index is 13.4. The molecule has 35 heavy (non-hydrogen) atoms. The summed E-state index contributed by atoms with van der Waals surface area (Å²) in [7, 11) is 2.05. The Hall–Kier alpha value is -2.22. The second-order valence-corrected chi connectivity index (χ2v) is 9.24. The predicted molar refractivity (Wildman–Crippen MR) is 144 cm³/mol. The summed E-state index contributed by atoms with van der Waals surface area (Å²) in [6.07, 6.45) is 10.1. The molecule has 2 N–H and O–H groups in total. The van der Waals surface area contributed by atoms with Crippen molar-refractivity contribution in [2.24, 2.45) is 18.7 Å². The number of para-hydroxylation sites is 1. The zero-order valence-electron chi connectivity index (χ0n) is 20.7. The van der Waals surface area contributed by atoms with E-state index in [1.54, 1.807) is 0 Å². The van der Waals surface area contributed by atoms with Crippen molar-refractivity contribution in [1.82, 2.24) is 14.4 Å². The van der Waals surface area contributed by atoms with Crippen LogP contribution >= 0.6 is 24.8 Å². The van der Waals surface area contributed by atoms with E-state index in [2.05, 4.69) is 35.6 Å². The van der Waals surface area contributed by atoms with E-state index in [0.717, 1.165) is 60.7 Å². The van der Waals surface area contributed by atoms with Gasteiger partial charge in [-0.2, -0.15) is 0 Å². The summed E-state index contributed by atoms with van der Waals surface area (Å²) >= 11 is 0. The first-order chi connectivity index (χ1) is 16.0. The highest BCUT2D eigenvalue weighted by atomic mass is 35.5. The quantitative estimate of drug-likeness (QED) is 0.361. The van der Waals surface area contributed by atoms with Crippen molar-refractivity contribution in [1.29, 1.82) is 0 Å². The molecule has 1 aromatic heterocycles. The van der Waals surface area contributed by atoms with E-state index in [-0.39, 0.29) is 55.4 Å². The van der Waals surface area contributed by atoms with Gasteiger partial charge in [0.2, 0.25) is 0 Å². The van der Waals surface area contributed by atoms with Crippen LogP contribution in [0.4, 0.5) is 0 Å². The number of ketones is 1. The Labute approximate surface area is 220 Å². The smallest absolute Gasteiger partial charge is 0.307 e. The topological polar surface area (TPSA) is 80.8 Å². The number of Topliss-reactive ketones (excluding diaryl/α,β-unsaturated/α-hetero) is 1. The molecule has 0 spiro atoms. The van der Waals surface area contributed by atoms with E-state index < -0.39 is 0 Å². The second kappa shape index (κ2) is 13.2. The molecule has 2 aliphatic rings. The molecular weight excluding hydrogens is 487 g/mol. The van der Waals surface area contributed by atoms with Crippen LogP contribution in [0.3, 0.4) is 0 Å². The summed E-state index contributed by atoms with van der Waals surface area (Å²) in [5, 5.41) is 1.06. The average molecular weight is 526 g/mol. The summed E-state index contributed by atoms with van der Waals surface area (Å²) in [6, 6.07) is 8.17. The molecule has 0 amide bonds. The fourth-order valence-electron chi connectivity index (χ4n) is 5.05. The zero-order valence-corrected chi connectivity index (χ0v) is 22.3. The van der Waals surface area contributed by atoms with Crippen LogP contribution < -0.4 is 5.73 Å². The monoisotopic (exact) mass is 524 g/mol. The van der Waals surface area contributed by atoms with Crippen molar-refractivity contribution >= 4 is 47.5 Å². The lowest BCUT2D eigenvalue weighted by Gasteiger charge is -2.33. The van der Waals surface area contributed by atoms with Gasteiger partial charge in [0.05, 0.1) is 0 Å². The van der Waals surface area contributed by atoms with Crippen molar-refractivity contribution in [2.75, 3.05) is 19.8 Å². The summed E-state index contributed by atoms with van der Waals surface area (Å²) in [4.78, 5) is 29.7. The molecule has 0 saturated carbocycles. The highest BCUT2D eigenvalue weighted by Gasteiger charge is 2.34. The average Bonchev–Trinajstić information content (AvgIpc) is 3.31. The van der Waals surface area contributed by atoms with Gasteiger partial charge in [0.25, 0.3) is 0 Å². The number of carbonyl (C=O) groups excluding carboxylic acids is 2. The van der Waals surface area contributed by atoms with E-state index in [1.165, 1.54) is 0 Å². The van der Waals surface area contributed by atoms with Crippen molar-refractivity contribution in [2.45, 2.75) is 58.0 Å². The molecule has 9 heteroatoms. The molecule has 194 valence electrons. The highest BCUT2D eigenvalue weighted by molar-refractivity contribution is 6.11. The van der Waals surface area contributed by atoms with E-state index in [0.29, 0.717) is 19.5 Å². The van der Waals surface area contributed by atoms with Gasteiger partial charge in [0.15, 0.2) is 12.5 Å². The Kier molecular flexibility index (Phi) is 10.9. The molecule has 0 fully saturated rings. The van der Waals surface area contributed by atoms with Gasteiger partial charge in [-0.3, -0.25) is 9.59 Å². The molecule has 4 rings (SSSR count). The SMILES string of the molecule is CC1N(COC(=O)CCCCCCN)C=CN1CC1CCc2c(c3ccccc3n2C)C1=O.Cl.Cl. The van der Waals surface area contributed by atoms with Crippen LogP contribution in [0.15, 0.2) is 36.7 Å². The molecule has 2 heterocycles. The van der Waals surface area contributed by atoms with Gasteiger partial charge in [0.1, 0.15) is 6.17 Å². The standard InChI is InChI=1S/C26H36N4O3.2ClH/c1-19-29(15-16-30(19)18-33-24(31)11-5-3-4-8-14-27)17-20-12-13-23-25(26(20)32)21-9-6-7-10-22(21)28(23)2;;/h6-7,9-10,15-16,19-20H,3-5,8,11-14,17-18,27H2,1-2H3;2*1H. The lowest BCUT2D eigenvalue weighted by Crippen LogP contribution is -2.41. The fourth-order valence-corrected chi connectivity index (χ4v) is 5.05. The molecule has 1 aliphatic carbocycles. The first-order valence-corrected chi connectivity index (χ1v) is 12.2. The van der Waals surface area contributed by atoms with Crippen molar-refractivity contribution < 1.29 is 14.3 Å². The Bertz CT molecular complexity index is 1040. The first kappa shape index (κ1) is 29.0. The van der Waals surface area contributed by atoms with E-state index in [4.69, 9.17) is 10.5 Å². The van der Waals surface area contributed by atoms with Gasteiger partial charge in [-0.05, 0) is 45.2 Å². The van der Waals surface area contributed by atoms with Gasteiger partial charge in [0, 0.05) is 60.5 Å². The normalized spacial score (nSPS) is 18.9. The number of ether oxygens (including phenoxy) is 1. The number of halogens is 2. The molecular formula is C26H38Cl2N4O3. The number of benzene rings is 1. The summed E-state index contributed by atoms with van der Waals surface area (Å²) < 4.78 is 7.65. The van der Waals surface area contributed by atoms with Crippen LogP contribution in [0.25, 0.3) is 10.9 Å². The van der Waals surface area contributed by atoms with Crippen LogP contribution in [0.1, 0.15) is 61.5 Å². The predicted octanol–water partition coefficient (Wildman–Crippen LogP) is 4.61. The van der Waals surface area contributed by atoms with Gasteiger partial charge in [-0.25, -0.2) is 0 Å². The Balaban J connectivity index is 0.00000216. The number of aryl methyl sites for hydroxylation is 1. The number of hydrogen-bond acceptors (Lipinski definition) is 6. The molecule has 7 nitrogen and oxygen atoms in total. The first-order valence-electron chi connectivity index (χ1n) is 12.2. The van der Waals surface area contributed by atoms with Gasteiger partial charge < -0.3 is 24.8 Å². The third kappa shape index (κ3) is 6.32. The maximum Gasteiger partial charge on any atom is 0.307 e. The number of unbranched alkanes of at least 4 members (excludes halogenated alkanes) is 3. The van der Waals surface area contributed by atoms with E-state index in [1.807, 2.05) is 29.4 Å². The minimum absolute atomic E-state index is 0. The number of carbonyl (C=O) groups is 2. The van der Waals surface area contributed by atoms with Gasteiger partial charge in [-0.15, -0.1) is 24.8 Å². The van der Waals surface area contributed by atoms with Crippen LogP contribution in [0.5, 0.6) is 0 Å². The lowest BCUT2D eigenvalue weighted by molar-refractivity contribution is -0.148. The number of esters is 1. The maximum atomic E-state index is 13.4. The van der Waals surface area contributed by atoms with Crippen molar-refractivity contribution in [3.8, 4) is 0 Å². The third-order valence-corrected chi connectivity index (χ3v) is 7.13. The number of aromatic nitrogens is 1. The largest absolute Gasteiger partial charge is 0.444 e. The molecule has 2 aromatic rings. The molecule has 0 saturated heterocycles. The molecule has 0 radical (unpaired) electrons. The van der Waals surface area contributed by atoms with Gasteiger partial charge >= 0.3 is 5.97 Å². The minimum Gasteiger partial charge on any atom is -0.444 e. The second-order valence-electron chi connectivity index (χ2n) is 9.24. The van der Waals surface area contributed by atoms with E-state index in [9.17, 15) is 9.59 Å². The van der Waals surface area contributed by atoms with Crippen LogP contribution in [0, 0.1) is 5.92 Å². The molecule has 2 atom stereocenters. The summed E-state index contributed by atoms with van der Waals surface area (Å²) in [5.74, 6) is 0.0485. The van der Waals surface area contributed by atoms with Crippen LogP contribution in [-0.4, -0.2) is 52.1 Å². The van der Waals surface area contributed by atoms with Crippen LogP contribution in [0.2, 0.25) is 0 Å². The zero-order chi connectivity index (χ0) is 23.4. The fraction of sp³-hybridized carbons (Fsp3) is 0.538. The lowest BCUT2D eigenvalue weighted by atomic mass is 9.84. The number of hydrogen-bond donors (Lipinski definition) is 1. The number of nitrogens with two attached hydrogens (primary N) is 1. The molecule has 1 aromatic carbocycles. The van der Waals surface area contributed by atoms with E-state index >= 15 is 0 Å². The highest BCUT2D eigenvalue weighted by Crippen LogP contribution is 2.34. The molecule has 2 unspecified atom stereocenters.